The zero-order chi connectivity index (χ0) is 17.8. The third kappa shape index (κ3) is 4.26. The van der Waals surface area contributed by atoms with Crippen LogP contribution in [0.2, 0.25) is 0 Å². The fraction of sp³-hybridized carbons (Fsp3) is 0.421. The topological polar surface area (TPSA) is 61.4 Å². The minimum Gasteiger partial charge on any atom is -0.353 e. The summed E-state index contributed by atoms with van der Waals surface area (Å²) >= 11 is 0. The Labute approximate surface area is 148 Å². The first-order valence-electron chi connectivity index (χ1n) is 8.70. The highest BCUT2D eigenvalue weighted by molar-refractivity contribution is 5.73. The number of rotatable bonds is 4. The number of aromatic nitrogens is 2. The predicted octanol–water partition coefficient (Wildman–Crippen LogP) is 2.63. The summed E-state index contributed by atoms with van der Waals surface area (Å²) in [7, 11) is 0. The van der Waals surface area contributed by atoms with Crippen molar-refractivity contribution in [1.29, 1.82) is 0 Å². The molecule has 6 heteroatoms. The second-order valence-electron chi connectivity index (χ2n) is 6.46. The zero-order valence-corrected chi connectivity index (χ0v) is 15.1. The van der Waals surface area contributed by atoms with Crippen molar-refractivity contribution in [3.8, 4) is 0 Å². The molecule has 1 aromatic carbocycles. The number of benzene rings is 1. The van der Waals surface area contributed by atoms with Crippen LogP contribution in [0, 0.1) is 6.92 Å². The molecule has 6 nitrogen and oxygen atoms in total. The van der Waals surface area contributed by atoms with E-state index in [0.29, 0.717) is 5.95 Å². The number of nitrogens with one attached hydrogen (secondary N) is 1. The van der Waals surface area contributed by atoms with Crippen LogP contribution in [-0.2, 0) is 4.79 Å². The van der Waals surface area contributed by atoms with Gasteiger partial charge in [0.15, 0.2) is 0 Å². The fourth-order valence-corrected chi connectivity index (χ4v) is 3.05. The van der Waals surface area contributed by atoms with Gasteiger partial charge in [-0.2, -0.15) is 4.98 Å². The van der Waals surface area contributed by atoms with Crippen molar-refractivity contribution in [2.75, 3.05) is 36.4 Å². The van der Waals surface area contributed by atoms with Crippen LogP contribution in [0.1, 0.15) is 31.1 Å². The van der Waals surface area contributed by atoms with E-state index in [1.807, 2.05) is 36.1 Å². The van der Waals surface area contributed by atoms with E-state index in [1.54, 1.807) is 6.92 Å². The molecule has 1 aliphatic heterocycles. The maximum absolute atomic E-state index is 11.5. The van der Waals surface area contributed by atoms with Gasteiger partial charge in [-0.3, -0.25) is 4.79 Å². The molecule has 2 aromatic rings. The van der Waals surface area contributed by atoms with Crippen molar-refractivity contribution in [2.24, 2.45) is 0 Å². The molecule has 1 unspecified atom stereocenters. The minimum absolute atomic E-state index is 0.130. The molecular formula is C19H25N5O. The fourth-order valence-electron chi connectivity index (χ4n) is 3.05. The molecule has 0 aliphatic carbocycles. The molecule has 0 radical (unpaired) electrons. The van der Waals surface area contributed by atoms with Crippen LogP contribution in [0.4, 0.5) is 11.8 Å². The predicted molar refractivity (Wildman–Crippen MR) is 99.7 cm³/mol. The number of anilines is 2. The summed E-state index contributed by atoms with van der Waals surface area (Å²) in [5, 5.41) is 3.39. The van der Waals surface area contributed by atoms with E-state index in [1.165, 1.54) is 5.56 Å². The molecule has 1 fully saturated rings. The summed E-state index contributed by atoms with van der Waals surface area (Å²) in [4.78, 5) is 24.8. The molecule has 1 aromatic heterocycles. The van der Waals surface area contributed by atoms with Crippen LogP contribution in [0.3, 0.4) is 0 Å². The van der Waals surface area contributed by atoms with Crippen LogP contribution in [0.5, 0.6) is 0 Å². The lowest BCUT2D eigenvalue weighted by Crippen LogP contribution is -2.48. The highest BCUT2D eigenvalue weighted by Gasteiger charge is 2.20. The third-order valence-corrected chi connectivity index (χ3v) is 4.53. The van der Waals surface area contributed by atoms with Gasteiger partial charge in [0.05, 0.1) is 6.04 Å². The Morgan fingerprint density at radius 2 is 1.80 bits per heavy atom. The van der Waals surface area contributed by atoms with Crippen molar-refractivity contribution in [3.05, 3.63) is 47.7 Å². The lowest BCUT2D eigenvalue weighted by Gasteiger charge is -2.35. The largest absolute Gasteiger partial charge is 0.353 e. The maximum Gasteiger partial charge on any atom is 0.225 e. The van der Waals surface area contributed by atoms with Gasteiger partial charge in [-0.25, -0.2) is 4.98 Å². The first-order chi connectivity index (χ1) is 12.0. The molecule has 1 atom stereocenters. The lowest BCUT2D eigenvalue weighted by atomic mass is 10.1. The molecule has 25 heavy (non-hydrogen) atoms. The number of carbonyl (C=O) groups is 1. The van der Waals surface area contributed by atoms with E-state index < -0.39 is 0 Å². The van der Waals surface area contributed by atoms with Crippen molar-refractivity contribution < 1.29 is 4.79 Å². The van der Waals surface area contributed by atoms with Crippen LogP contribution in [0.15, 0.2) is 36.4 Å². The number of carbonyl (C=O) groups excluding carboxylic acids is 1. The van der Waals surface area contributed by atoms with Crippen LogP contribution in [-0.4, -0.2) is 47.0 Å². The van der Waals surface area contributed by atoms with Crippen molar-refractivity contribution >= 4 is 17.7 Å². The Bertz CT molecular complexity index is 726. The highest BCUT2D eigenvalue weighted by atomic mass is 16.2. The van der Waals surface area contributed by atoms with E-state index in [4.69, 9.17) is 4.98 Å². The Morgan fingerprint density at radius 1 is 1.12 bits per heavy atom. The Morgan fingerprint density at radius 3 is 2.44 bits per heavy atom. The molecule has 0 bridgehead atoms. The summed E-state index contributed by atoms with van der Waals surface area (Å²) in [6.45, 7) is 8.77. The lowest BCUT2D eigenvalue weighted by molar-refractivity contribution is -0.129. The van der Waals surface area contributed by atoms with Gasteiger partial charge in [0.2, 0.25) is 11.9 Å². The molecule has 3 rings (SSSR count). The Balaban J connectivity index is 1.72. The van der Waals surface area contributed by atoms with Gasteiger partial charge in [0, 0.05) is 44.9 Å². The number of hydrogen-bond donors (Lipinski definition) is 1. The van der Waals surface area contributed by atoms with Crippen LogP contribution in [0.25, 0.3) is 0 Å². The van der Waals surface area contributed by atoms with Gasteiger partial charge in [0.25, 0.3) is 0 Å². The molecule has 132 valence electrons. The average molecular weight is 339 g/mol. The first kappa shape index (κ1) is 17.2. The van der Waals surface area contributed by atoms with Crippen LogP contribution >= 0.6 is 0 Å². The summed E-state index contributed by atoms with van der Waals surface area (Å²) < 4.78 is 0. The molecule has 2 heterocycles. The summed E-state index contributed by atoms with van der Waals surface area (Å²) in [6, 6.07) is 12.4. The molecule has 1 N–H and O–H groups in total. The zero-order valence-electron chi connectivity index (χ0n) is 15.1. The van der Waals surface area contributed by atoms with Crippen molar-refractivity contribution in [1.82, 2.24) is 14.9 Å². The summed E-state index contributed by atoms with van der Waals surface area (Å²) in [6.07, 6.45) is 0. The van der Waals surface area contributed by atoms with Gasteiger partial charge in [-0.15, -0.1) is 0 Å². The number of piperazine rings is 1. The van der Waals surface area contributed by atoms with E-state index in [-0.39, 0.29) is 11.9 Å². The average Bonchev–Trinajstić information content (AvgIpc) is 2.62. The van der Waals surface area contributed by atoms with Gasteiger partial charge >= 0.3 is 0 Å². The normalized spacial score (nSPS) is 15.8. The molecule has 0 spiro atoms. The molecule has 0 saturated carbocycles. The molecule has 1 aliphatic rings. The number of nitrogens with zero attached hydrogens (tertiary/aromatic N) is 4. The first-order valence-corrected chi connectivity index (χ1v) is 8.70. The number of aryl methyl sites for hydroxylation is 1. The van der Waals surface area contributed by atoms with Crippen LogP contribution < -0.4 is 10.2 Å². The SMILES string of the molecule is CC(=O)N1CCN(c2cc(C)nc(NC(C)c3ccccc3)n2)CC1. The summed E-state index contributed by atoms with van der Waals surface area (Å²) in [5.41, 5.74) is 2.13. The van der Waals surface area contributed by atoms with Gasteiger partial charge in [-0.05, 0) is 19.4 Å². The Hall–Kier alpha value is -2.63. The van der Waals surface area contributed by atoms with E-state index in [0.717, 1.165) is 37.7 Å². The highest BCUT2D eigenvalue weighted by Crippen LogP contribution is 2.20. The molecule has 1 saturated heterocycles. The van der Waals surface area contributed by atoms with Gasteiger partial charge < -0.3 is 15.1 Å². The minimum atomic E-state index is 0.130. The van der Waals surface area contributed by atoms with E-state index in [9.17, 15) is 4.79 Å². The van der Waals surface area contributed by atoms with E-state index in [2.05, 4.69) is 34.3 Å². The summed E-state index contributed by atoms with van der Waals surface area (Å²) in [5.74, 6) is 1.69. The second-order valence-corrected chi connectivity index (χ2v) is 6.46. The molecular weight excluding hydrogens is 314 g/mol. The van der Waals surface area contributed by atoms with E-state index >= 15 is 0 Å². The standard InChI is InChI=1S/C19H25N5O/c1-14-13-18(24-11-9-23(10-12-24)16(3)25)22-19(20-14)21-15(2)17-7-5-4-6-8-17/h4-8,13,15H,9-12H2,1-3H3,(H,20,21,22). The Kier molecular flexibility index (Phi) is 5.16. The quantitative estimate of drug-likeness (QED) is 0.928. The number of amides is 1. The molecule has 1 amide bonds. The monoisotopic (exact) mass is 339 g/mol. The second kappa shape index (κ2) is 7.51. The van der Waals surface area contributed by atoms with Crippen molar-refractivity contribution in [2.45, 2.75) is 26.8 Å². The van der Waals surface area contributed by atoms with Gasteiger partial charge in [0.1, 0.15) is 5.82 Å². The smallest absolute Gasteiger partial charge is 0.225 e. The van der Waals surface area contributed by atoms with Crippen molar-refractivity contribution in [3.63, 3.8) is 0 Å². The third-order valence-electron chi connectivity index (χ3n) is 4.53. The van der Waals surface area contributed by atoms with Gasteiger partial charge in [-0.1, -0.05) is 30.3 Å². The maximum atomic E-state index is 11.5. The number of hydrogen-bond acceptors (Lipinski definition) is 5.